The molecule has 6 nitrogen and oxygen atoms in total. The number of piperazine rings is 1. The summed E-state index contributed by atoms with van der Waals surface area (Å²) < 4.78 is 13.1. The fourth-order valence-electron chi connectivity index (χ4n) is 4.19. The van der Waals surface area contributed by atoms with E-state index in [1.54, 1.807) is 6.92 Å². The van der Waals surface area contributed by atoms with E-state index in [2.05, 4.69) is 86.8 Å². The number of aromatic nitrogens is 3. The van der Waals surface area contributed by atoms with E-state index < -0.39 is 6.04 Å². The first kappa shape index (κ1) is 33.2. The molecule has 1 N–H and O–H groups in total. The lowest BCUT2D eigenvalue weighted by molar-refractivity contribution is -0.129. The number of carbonyl (C=O) groups excluding carboxylic acids is 1. The number of nitrogens with zero attached hydrogens (tertiary/aromatic N) is 4. The second kappa shape index (κ2) is 16.9. The van der Waals surface area contributed by atoms with Crippen molar-refractivity contribution in [2.24, 2.45) is 0 Å². The second-order valence-electron chi connectivity index (χ2n) is 10.5. The number of anilines is 1. The number of rotatable bonds is 5. The molecule has 0 bridgehead atoms. The lowest BCUT2D eigenvalue weighted by Gasteiger charge is -2.41. The lowest BCUT2D eigenvalue weighted by atomic mass is 9.99. The molecule has 3 aromatic heterocycles. The van der Waals surface area contributed by atoms with Crippen LogP contribution in [0.4, 0.5) is 10.1 Å². The maximum absolute atomic E-state index is 11.1. The minimum absolute atomic E-state index is 0.0694. The monoisotopic (exact) mass is 527 g/mol. The summed E-state index contributed by atoms with van der Waals surface area (Å²) in [6.45, 7) is 22.2. The van der Waals surface area contributed by atoms with Gasteiger partial charge in [-0.25, -0.2) is 4.98 Å². The average molecular weight is 528 g/mol. The first-order valence-corrected chi connectivity index (χ1v) is 14.0. The lowest BCUT2D eigenvalue weighted by Crippen LogP contribution is -2.57. The molecule has 38 heavy (non-hydrogen) atoms. The van der Waals surface area contributed by atoms with Gasteiger partial charge in [0.15, 0.2) is 0 Å². The van der Waals surface area contributed by atoms with Gasteiger partial charge < -0.3 is 14.6 Å². The van der Waals surface area contributed by atoms with E-state index in [9.17, 15) is 9.18 Å². The summed E-state index contributed by atoms with van der Waals surface area (Å²) in [4.78, 5) is 20.7. The number of nitrogens with one attached hydrogen (secondary N) is 1. The van der Waals surface area contributed by atoms with E-state index in [1.165, 1.54) is 35.3 Å². The number of pyridine rings is 2. The zero-order valence-corrected chi connectivity index (χ0v) is 25.2. The fraction of sp³-hybridized carbons (Fsp3) is 0.581. The van der Waals surface area contributed by atoms with E-state index in [0.717, 1.165) is 37.4 Å². The molecule has 0 aromatic carbocycles. The number of hydrogen-bond acceptors (Lipinski definition) is 5. The van der Waals surface area contributed by atoms with Crippen LogP contribution < -0.4 is 10.2 Å². The third kappa shape index (κ3) is 11.7. The number of carbonyl (C=O) groups is 1. The molecule has 1 saturated heterocycles. The summed E-state index contributed by atoms with van der Waals surface area (Å²) in [5.41, 5.74) is 7.54. The van der Waals surface area contributed by atoms with E-state index in [1.807, 2.05) is 29.9 Å². The van der Waals surface area contributed by atoms with Crippen LogP contribution in [0.5, 0.6) is 0 Å². The molecular weight excluding hydrogens is 477 g/mol. The normalized spacial score (nSPS) is 13.9. The van der Waals surface area contributed by atoms with Gasteiger partial charge in [-0.05, 0) is 76.8 Å². The Hall–Kier alpha value is -2.80. The maximum atomic E-state index is 11.1. The van der Waals surface area contributed by atoms with Crippen molar-refractivity contribution in [1.29, 1.82) is 0 Å². The molecule has 1 fully saturated rings. The fourth-order valence-corrected chi connectivity index (χ4v) is 4.19. The van der Waals surface area contributed by atoms with Crippen molar-refractivity contribution in [2.45, 2.75) is 100.0 Å². The Morgan fingerprint density at radius 1 is 1.11 bits per heavy atom. The molecule has 0 unspecified atom stereocenters. The highest BCUT2D eigenvalue weighted by Gasteiger charge is 2.27. The van der Waals surface area contributed by atoms with E-state index in [4.69, 9.17) is 0 Å². The third-order valence-corrected chi connectivity index (χ3v) is 5.84. The number of hydrogen-bond donors (Lipinski definition) is 1. The molecule has 1 aliphatic rings. The van der Waals surface area contributed by atoms with E-state index in [-0.39, 0.29) is 12.0 Å². The van der Waals surface area contributed by atoms with Gasteiger partial charge in [0, 0.05) is 61.6 Å². The summed E-state index contributed by atoms with van der Waals surface area (Å²) >= 11 is 0. The summed E-state index contributed by atoms with van der Waals surface area (Å²) in [6, 6.07) is 5.12. The van der Waals surface area contributed by atoms with Crippen LogP contribution in [-0.4, -0.2) is 45.6 Å². The standard InChI is InChI=1S/C15H25N3.C9H10N2.C4H7FO.C3H8/c1-5-6-13-12(2)16-8-7-14(13)18-10-9-17-15(3,4)11-18;1-7-3-4-11-6-8(2)10-9(11)5-7;1-2-3-4(5)6;1-3-2/h7-8,17H,5-6,9-11H2,1-4H3;3-6H,1-2H3;2-3H2,1H3;3H2,1-2H3. The summed E-state index contributed by atoms with van der Waals surface area (Å²) in [6.07, 6.45) is 10.2. The summed E-state index contributed by atoms with van der Waals surface area (Å²) in [7, 11) is 0. The molecule has 0 radical (unpaired) electrons. The molecular formula is C31H50FN5O. The van der Waals surface area contributed by atoms with Crippen molar-refractivity contribution in [3.8, 4) is 0 Å². The second-order valence-corrected chi connectivity index (χ2v) is 10.5. The van der Waals surface area contributed by atoms with Gasteiger partial charge >= 0.3 is 6.04 Å². The Morgan fingerprint density at radius 2 is 1.79 bits per heavy atom. The van der Waals surface area contributed by atoms with Gasteiger partial charge in [0.1, 0.15) is 5.65 Å². The van der Waals surface area contributed by atoms with Crippen molar-refractivity contribution < 1.29 is 9.18 Å². The van der Waals surface area contributed by atoms with E-state index >= 15 is 0 Å². The van der Waals surface area contributed by atoms with Crippen molar-refractivity contribution >= 4 is 17.4 Å². The van der Waals surface area contributed by atoms with Crippen LogP contribution in [0.25, 0.3) is 5.65 Å². The van der Waals surface area contributed by atoms with Crippen LogP contribution in [0.15, 0.2) is 36.8 Å². The Morgan fingerprint density at radius 3 is 2.34 bits per heavy atom. The van der Waals surface area contributed by atoms with Gasteiger partial charge in [0.05, 0.1) is 5.69 Å². The molecule has 212 valence electrons. The molecule has 3 aromatic rings. The van der Waals surface area contributed by atoms with Gasteiger partial charge in [0.25, 0.3) is 0 Å². The van der Waals surface area contributed by atoms with Crippen molar-refractivity contribution in [1.82, 2.24) is 19.7 Å². The highest BCUT2D eigenvalue weighted by molar-refractivity contribution is 5.67. The average Bonchev–Trinajstić information content (AvgIpc) is 3.20. The predicted octanol–water partition coefficient (Wildman–Crippen LogP) is 7.18. The topological polar surface area (TPSA) is 62.5 Å². The summed E-state index contributed by atoms with van der Waals surface area (Å²) in [5.74, 6) is 0. The number of aryl methyl sites for hydroxylation is 3. The van der Waals surface area contributed by atoms with Crippen LogP contribution in [0.1, 0.15) is 89.7 Å². The maximum Gasteiger partial charge on any atom is 0.301 e. The zero-order valence-electron chi connectivity index (χ0n) is 25.2. The number of halogens is 1. The highest BCUT2D eigenvalue weighted by Crippen LogP contribution is 2.26. The molecule has 0 saturated carbocycles. The largest absolute Gasteiger partial charge is 0.368 e. The molecule has 4 rings (SSSR count). The molecule has 0 amide bonds. The summed E-state index contributed by atoms with van der Waals surface area (Å²) in [5, 5.41) is 3.57. The van der Waals surface area contributed by atoms with Crippen LogP contribution >= 0.6 is 0 Å². The predicted molar refractivity (Wildman–Crippen MR) is 159 cm³/mol. The molecule has 7 heteroatoms. The molecule has 4 heterocycles. The minimum atomic E-state index is -1.21. The number of fused-ring (bicyclic) bond motifs is 1. The molecule has 0 aliphatic carbocycles. The third-order valence-electron chi connectivity index (χ3n) is 5.84. The Kier molecular flexibility index (Phi) is 14.8. The smallest absolute Gasteiger partial charge is 0.301 e. The van der Waals surface area contributed by atoms with Crippen LogP contribution in [0, 0.1) is 20.8 Å². The Labute approximate surface area is 230 Å². The molecule has 0 atom stereocenters. The first-order valence-electron chi connectivity index (χ1n) is 14.0. The van der Waals surface area contributed by atoms with E-state index in [0.29, 0.717) is 6.42 Å². The van der Waals surface area contributed by atoms with Crippen molar-refractivity contribution in [3.05, 3.63) is 59.3 Å². The molecule has 1 aliphatic heterocycles. The van der Waals surface area contributed by atoms with Gasteiger partial charge in [-0.15, -0.1) is 0 Å². The van der Waals surface area contributed by atoms with Crippen LogP contribution in [-0.2, 0) is 11.2 Å². The number of imidazole rings is 1. The quantitative estimate of drug-likeness (QED) is 0.356. The van der Waals surface area contributed by atoms with Crippen molar-refractivity contribution in [2.75, 3.05) is 24.5 Å². The first-order chi connectivity index (χ1) is 18.0. The highest BCUT2D eigenvalue weighted by atomic mass is 19.1. The molecule has 0 spiro atoms. The SMILES string of the molecule is CCC.CCCC(=O)F.CCCc1c(N2CCNC(C)(C)C2)ccnc1C.Cc1ccn2cc(C)nc2c1. The van der Waals surface area contributed by atoms with Crippen molar-refractivity contribution in [3.63, 3.8) is 0 Å². The van der Waals surface area contributed by atoms with Gasteiger partial charge in [-0.3, -0.25) is 9.78 Å². The Balaban J connectivity index is 0.000000305. The van der Waals surface area contributed by atoms with Gasteiger partial charge in [-0.2, -0.15) is 4.39 Å². The minimum Gasteiger partial charge on any atom is -0.368 e. The Bertz CT molecular complexity index is 1110. The van der Waals surface area contributed by atoms with Crippen LogP contribution in [0.3, 0.4) is 0 Å². The van der Waals surface area contributed by atoms with Gasteiger partial charge in [-0.1, -0.05) is 40.5 Å². The van der Waals surface area contributed by atoms with Gasteiger partial charge in [0.2, 0.25) is 0 Å². The van der Waals surface area contributed by atoms with Crippen LogP contribution in [0.2, 0.25) is 0 Å². The zero-order chi connectivity index (χ0) is 28.7.